The Labute approximate surface area is 263 Å². The predicted octanol–water partition coefficient (Wildman–Crippen LogP) is 5.10. The van der Waals surface area contributed by atoms with Crippen LogP contribution in [0.5, 0.6) is 11.5 Å². The number of sulfonamides is 1. The van der Waals surface area contributed by atoms with Crippen molar-refractivity contribution in [2.75, 3.05) is 32.8 Å². The van der Waals surface area contributed by atoms with Gasteiger partial charge in [-0.3, -0.25) is 0 Å². The average Bonchev–Trinajstić information content (AvgIpc) is 3.41. The molecule has 2 fully saturated rings. The van der Waals surface area contributed by atoms with E-state index in [4.69, 9.17) is 14.2 Å². The third-order valence-corrected chi connectivity index (χ3v) is 10.1. The Bertz CT molecular complexity index is 1560. The number of carbonyl (C=O) groups excluding carboxylic acids is 1. The van der Waals surface area contributed by atoms with Crippen LogP contribution in [0, 0.1) is 23.5 Å². The molecule has 0 amide bonds. The highest BCUT2D eigenvalue weighted by Gasteiger charge is 2.57. The number of ether oxygens (including phenoxy) is 3. The number of fused-ring (bicyclic) bond motifs is 1. The van der Waals surface area contributed by atoms with E-state index in [1.807, 2.05) is 48.5 Å². The Morgan fingerprint density at radius 1 is 0.956 bits per heavy atom. The van der Waals surface area contributed by atoms with Crippen molar-refractivity contribution in [1.29, 1.82) is 0 Å². The fourth-order valence-electron chi connectivity index (χ4n) is 5.75. The number of rotatable bonds is 13. The minimum absolute atomic E-state index is 0.0131. The van der Waals surface area contributed by atoms with Crippen LogP contribution in [0.15, 0.2) is 71.6 Å². The molecule has 11 heteroatoms. The van der Waals surface area contributed by atoms with E-state index in [1.165, 1.54) is 9.87 Å². The van der Waals surface area contributed by atoms with E-state index in [9.17, 15) is 22.0 Å². The number of carbonyl (C=O) groups is 1. The molecule has 8 nitrogen and oxygen atoms in total. The summed E-state index contributed by atoms with van der Waals surface area (Å²) in [6.45, 7) is 10.1. The number of hydrogen-bond acceptors (Lipinski definition) is 7. The topological polar surface area (TPSA) is 94.2 Å². The van der Waals surface area contributed by atoms with Crippen LogP contribution in [0.25, 0.3) is 0 Å². The van der Waals surface area contributed by atoms with E-state index in [0.717, 1.165) is 17.7 Å². The largest absolute Gasteiger partial charge is 0.492 e. The Morgan fingerprint density at radius 2 is 1.56 bits per heavy atom. The van der Waals surface area contributed by atoms with Crippen LogP contribution < -0.4 is 14.8 Å². The van der Waals surface area contributed by atoms with Crippen molar-refractivity contribution in [3.8, 4) is 11.5 Å². The molecule has 1 saturated carbocycles. The molecule has 0 radical (unpaired) electrons. The van der Waals surface area contributed by atoms with E-state index < -0.39 is 33.7 Å². The Balaban J connectivity index is 1.06. The van der Waals surface area contributed by atoms with E-state index in [2.05, 4.69) is 26.1 Å². The van der Waals surface area contributed by atoms with Crippen LogP contribution in [-0.4, -0.2) is 63.7 Å². The Kier molecular flexibility index (Phi) is 9.81. The second kappa shape index (κ2) is 13.4. The molecule has 1 N–H and O–H groups in total. The van der Waals surface area contributed by atoms with Crippen LogP contribution in [0.4, 0.5) is 8.78 Å². The maximum absolute atomic E-state index is 13.6. The monoisotopic (exact) mass is 642 g/mol. The van der Waals surface area contributed by atoms with E-state index >= 15 is 0 Å². The van der Waals surface area contributed by atoms with Gasteiger partial charge in [0, 0.05) is 38.2 Å². The van der Waals surface area contributed by atoms with Gasteiger partial charge in [0.2, 0.25) is 10.0 Å². The van der Waals surface area contributed by atoms with Crippen molar-refractivity contribution < 1.29 is 36.2 Å². The first-order valence-corrected chi connectivity index (χ1v) is 16.6. The maximum Gasteiger partial charge on any atom is 0.347 e. The summed E-state index contributed by atoms with van der Waals surface area (Å²) >= 11 is 0. The first kappa shape index (κ1) is 32.8. The van der Waals surface area contributed by atoms with Gasteiger partial charge in [0.05, 0.1) is 11.5 Å². The molecule has 0 spiro atoms. The Hall–Kier alpha value is -3.54. The fraction of sp³-hybridized carbons (Fsp3) is 0.441. The number of nitrogens with zero attached hydrogens (tertiary/aromatic N) is 1. The molecule has 1 aliphatic carbocycles. The minimum atomic E-state index is -3.95. The maximum atomic E-state index is 13.6. The molecule has 0 aromatic heterocycles. The van der Waals surface area contributed by atoms with Gasteiger partial charge in [-0.05, 0) is 71.7 Å². The molecule has 3 aromatic rings. The summed E-state index contributed by atoms with van der Waals surface area (Å²) < 4.78 is 71.2. The molecule has 242 valence electrons. The summed E-state index contributed by atoms with van der Waals surface area (Å²) in [4.78, 5) is 12.3. The lowest BCUT2D eigenvalue weighted by Crippen LogP contribution is -2.36. The van der Waals surface area contributed by atoms with Crippen LogP contribution in [-0.2, 0) is 31.4 Å². The fourth-order valence-corrected chi connectivity index (χ4v) is 7.31. The number of hydrogen-bond donors (Lipinski definition) is 1. The summed E-state index contributed by atoms with van der Waals surface area (Å²) in [5.74, 6) is -0.657. The first-order valence-electron chi connectivity index (χ1n) is 15.2. The van der Waals surface area contributed by atoms with Crippen LogP contribution in [0.1, 0.15) is 38.8 Å². The number of benzene rings is 3. The summed E-state index contributed by atoms with van der Waals surface area (Å²) in [7, 11) is -3.95. The Morgan fingerprint density at radius 3 is 2.13 bits per heavy atom. The summed E-state index contributed by atoms with van der Waals surface area (Å²) in [5, 5.41) is 3.42. The normalized spacial score (nSPS) is 20.4. The molecule has 3 atom stereocenters. The molecule has 0 bridgehead atoms. The third-order valence-electron chi connectivity index (χ3n) is 8.28. The smallest absolute Gasteiger partial charge is 0.347 e. The van der Waals surface area contributed by atoms with Gasteiger partial charge in [0.15, 0.2) is 6.10 Å². The number of piperidine rings is 1. The van der Waals surface area contributed by atoms with Crippen molar-refractivity contribution in [2.24, 2.45) is 11.8 Å². The van der Waals surface area contributed by atoms with Crippen molar-refractivity contribution in [3.63, 3.8) is 0 Å². The highest BCUT2D eigenvalue weighted by molar-refractivity contribution is 7.89. The zero-order valence-electron chi connectivity index (χ0n) is 26.0. The van der Waals surface area contributed by atoms with E-state index in [-0.39, 0.29) is 34.8 Å². The second-order valence-corrected chi connectivity index (χ2v) is 14.5. The lowest BCUT2D eigenvalue weighted by molar-refractivity contribution is -0.151. The van der Waals surface area contributed by atoms with Crippen LogP contribution >= 0.6 is 0 Å². The quantitative estimate of drug-likeness (QED) is 0.205. The number of halogens is 2. The molecule has 5 rings (SSSR count). The SMILES string of the molecule is CCOC(=O)[C@H](Cc1ccc(OCCNC2[C@H]3CN(S(=O)(=O)c4cc(F)cc(F)c4)C[C@H]23)cc1)Oc1ccc(C(C)(C)C)cc1. The average molecular weight is 643 g/mol. The van der Waals surface area contributed by atoms with Gasteiger partial charge in [-0.15, -0.1) is 0 Å². The van der Waals surface area contributed by atoms with Crippen molar-refractivity contribution in [2.45, 2.75) is 56.6 Å². The van der Waals surface area contributed by atoms with Crippen molar-refractivity contribution >= 4 is 16.0 Å². The number of nitrogens with one attached hydrogen (secondary N) is 1. The van der Waals surface area contributed by atoms with E-state index in [1.54, 1.807) is 6.92 Å². The van der Waals surface area contributed by atoms with Crippen LogP contribution in [0.2, 0.25) is 0 Å². The van der Waals surface area contributed by atoms with Gasteiger partial charge in [-0.1, -0.05) is 45.0 Å². The lowest BCUT2D eigenvalue weighted by Gasteiger charge is -2.21. The predicted molar refractivity (Wildman–Crippen MR) is 166 cm³/mol. The van der Waals surface area contributed by atoms with Crippen LogP contribution in [0.3, 0.4) is 0 Å². The van der Waals surface area contributed by atoms with E-state index in [0.29, 0.717) is 50.2 Å². The summed E-state index contributed by atoms with van der Waals surface area (Å²) in [5.41, 5.74) is 2.09. The van der Waals surface area contributed by atoms with Crippen molar-refractivity contribution in [1.82, 2.24) is 9.62 Å². The van der Waals surface area contributed by atoms with Gasteiger partial charge in [-0.2, -0.15) is 4.31 Å². The molecule has 1 aliphatic heterocycles. The molecule has 1 saturated heterocycles. The highest BCUT2D eigenvalue weighted by Crippen LogP contribution is 2.47. The molecule has 2 aliphatic rings. The number of esters is 1. The molecule has 1 heterocycles. The highest BCUT2D eigenvalue weighted by atomic mass is 32.2. The standard InChI is InChI=1S/C34H40F2N2O6S/c1-5-42-33(39)31(44-27-12-8-23(9-13-27)34(2,3)4)16-22-6-10-26(11-7-22)43-15-14-37-32-29-20-38(21-30(29)32)45(40,41)28-18-24(35)17-25(36)19-28/h6-13,17-19,29-32,37H,5,14-16,20-21H2,1-4H3/t29-,30-,31-/m0/s1. The van der Waals surface area contributed by atoms with Gasteiger partial charge in [-0.25, -0.2) is 22.0 Å². The summed E-state index contributed by atoms with van der Waals surface area (Å²) in [6.07, 6.45) is -0.451. The first-order chi connectivity index (χ1) is 21.3. The molecule has 3 aromatic carbocycles. The lowest BCUT2D eigenvalue weighted by atomic mass is 9.87. The van der Waals surface area contributed by atoms with Gasteiger partial charge < -0.3 is 19.5 Å². The van der Waals surface area contributed by atoms with Gasteiger partial charge in [0.25, 0.3) is 0 Å². The third kappa shape index (κ3) is 8.01. The summed E-state index contributed by atoms with van der Waals surface area (Å²) in [6, 6.07) is 17.8. The molecular formula is C34H40F2N2O6S. The molecule has 45 heavy (non-hydrogen) atoms. The van der Waals surface area contributed by atoms with Gasteiger partial charge in [0.1, 0.15) is 29.7 Å². The second-order valence-electron chi connectivity index (χ2n) is 12.6. The zero-order valence-corrected chi connectivity index (χ0v) is 26.8. The zero-order chi connectivity index (χ0) is 32.4. The minimum Gasteiger partial charge on any atom is -0.492 e. The van der Waals surface area contributed by atoms with Crippen molar-refractivity contribution in [3.05, 3.63) is 89.5 Å². The van der Waals surface area contributed by atoms with Gasteiger partial charge >= 0.3 is 5.97 Å². The molecular weight excluding hydrogens is 602 g/mol. The molecule has 0 unspecified atom stereocenters.